The minimum atomic E-state index is -1.34. The molecule has 1 saturated heterocycles. The highest BCUT2D eigenvalue weighted by Crippen LogP contribution is 2.30. The predicted molar refractivity (Wildman–Crippen MR) is 295 cm³/mol. The number of ether oxygens (including phenoxy) is 8. The van der Waals surface area contributed by atoms with E-state index in [0.717, 1.165) is 0 Å². The van der Waals surface area contributed by atoms with Gasteiger partial charge in [-0.1, -0.05) is 71.4 Å². The maximum absolute atomic E-state index is 14.6. The number of aliphatic hydroxyl groups is 2. The van der Waals surface area contributed by atoms with Crippen LogP contribution in [0, 0.1) is 17.8 Å². The average molecular weight is 1120 g/mol. The molecule has 6 amide bonds. The van der Waals surface area contributed by atoms with Gasteiger partial charge in [-0.3, -0.25) is 28.8 Å². The molecule has 1 fully saturated rings. The van der Waals surface area contributed by atoms with Gasteiger partial charge in [0.05, 0.1) is 134 Å². The Kier molecular flexibility index (Phi) is 31.3. The SMILES string of the molecule is CC[C@H](C)[C@@H]([C@@H](CC(=O)N1CCC[C@H]1[C@H](OC)[C@@H](C)C(=O)N[C@H](C)[C@@H](O)c1ccccc1)OC)N(C)C(=O)[C@@H](NC(=O)C(C)(C)N(C)C(=O)CCOCCOCCOCCOCCOCCOCCN1C(=O)C=CC1O)C(C)C. The number of methoxy groups -OCH3 is 2. The fourth-order valence-corrected chi connectivity index (χ4v) is 9.63. The summed E-state index contributed by atoms with van der Waals surface area (Å²) >= 11 is 0. The smallest absolute Gasteiger partial charge is 0.248 e. The first kappa shape index (κ1) is 68.7. The summed E-state index contributed by atoms with van der Waals surface area (Å²) in [4.78, 5) is 87.5. The summed E-state index contributed by atoms with van der Waals surface area (Å²) in [7, 11) is 6.27. The highest BCUT2D eigenvalue weighted by atomic mass is 16.6. The van der Waals surface area contributed by atoms with Gasteiger partial charge in [0.25, 0.3) is 0 Å². The Morgan fingerprint density at radius 1 is 0.785 bits per heavy atom. The quantitative estimate of drug-likeness (QED) is 0.0690. The second-order valence-electron chi connectivity index (χ2n) is 21.2. The largest absolute Gasteiger partial charge is 0.386 e. The zero-order valence-electron chi connectivity index (χ0n) is 49.2. The van der Waals surface area contributed by atoms with E-state index in [9.17, 15) is 39.0 Å². The minimum absolute atomic E-state index is 0.0160. The molecule has 0 spiro atoms. The Bertz CT molecular complexity index is 2020. The lowest BCUT2D eigenvalue weighted by Gasteiger charge is -2.41. The van der Waals surface area contributed by atoms with Crippen LogP contribution in [0.25, 0.3) is 0 Å². The number of amides is 6. The molecule has 2 heterocycles. The summed E-state index contributed by atoms with van der Waals surface area (Å²) in [5, 5.41) is 26.5. The van der Waals surface area contributed by atoms with Crippen LogP contribution in [-0.4, -0.2) is 234 Å². The van der Waals surface area contributed by atoms with E-state index in [4.69, 9.17) is 37.9 Å². The van der Waals surface area contributed by atoms with Crippen molar-refractivity contribution in [3.63, 3.8) is 0 Å². The number of hydrogen-bond donors (Lipinski definition) is 4. The van der Waals surface area contributed by atoms with Gasteiger partial charge in [-0.25, -0.2) is 0 Å². The third-order valence-corrected chi connectivity index (χ3v) is 15.0. The van der Waals surface area contributed by atoms with Crippen LogP contribution in [0.4, 0.5) is 0 Å². The lowest BCUT2D eigenvalue weighted by atomic mass is 9.89. The first-order chi connectivity index (χ1) is 37.6. The van der Waals surface area contributed by atoms with Gasteiger partial charge < -0.3 is 78.3 Å². The molecule has 79 heavy (non-hydrogen) atoms. The van der Waals surface area contributed by atoms with Crippen LogP contribution in [0.15, 0.2) is 42.5 Å². The normalized spacial score (nSPS) is 18.7. The highest BCUT2D eigenvalue weighted by molar-refractivity contribution is 5.94. The molecule has 22 heteroatoms. The number of benzene rings is 1. The molecule has 10 atom stereocenters. The molecule has 0 aromatic heterocycles. The van der Waals surface area contributed by atoms with Crippen molar-refractivity contribution in [1.29, 1.82) is 0 Å². The van der Waals surface area contributed by atoms with Gasteiger partial charge >= 0.3 is 0 Å². The Balaban J connectivity index is 1.41. The number of likely N-dealkylation sites (tertiary alicyclic amines) is 1. The number of nitrogens with zero attached hydrogens (tertiary/aromatic N) is 4. The molecule has 1 aromatic rings. The van der Waals surface area contributed by atoms with Crippen molar-refractivity contribution in [2.75, 3.05) is 121 Å². The van der Waals surface area contributed by atoms with Gasteiger partial charge in [0.15, 0.2) is 0 Å². The van der Waals surface area contributed by atoms with Crippen molar-refractivity contribution in [3.05, 3.63) is 48.0 Å². The maximum Gasteiger partial charge on any atom is 0.248 e. The van der Waals surface area contributed by atoms with Crippen LogP contribution in [0.2, 0.25) is 0 Å². The first-order valence-electron chi connectivity index (χ1n) is 28.0. The molecule has 4 N–H and O–H groups in total. The van der Waals surface area contributed by atoms with E-state index in [1.165, 1.54) is 36.2 Å². The van der Waals surface area contributed by atoms with Crippen molar-refractivity contribution in [2.24, 2.45) is 17.8 Å². The van der Waals surface area contributed by atoms with Gasteiger partial charge in [0.2, 0.25) is 35.4 Å². The van der Waals surface area contributed by atoms with E-state index in [1.54, 1.807) is 63.7 Å². The van der Waals surface area contributed by atoms with E-state index in [-0.39, 0.29) is 67.4 Å². The molecule has 2 aliphatic rings. The second-order valence-corrected chi connectivity index (χ2v) is 21.2. The summed E-state index contributed by atoms with van der Waals surface area (Å²) in [6.07, 6.45) is 1.58. The molecule has 3 rings (SSSR count). The lowest BCUT2D eigenvalue weighted by Crippen LogP contribution is -2.62. The van der Waals surface area contributed by atoms with Gasteiger partial charge in [-0.05, 0) is 57.1 Å². The fourth-order valence-electron chi connectivity index (χ4n) is 9.63. The van der Waals surface area contributed by atoms with Crippen LogP contribution in [0.5, 0.6) is 0 Å². The third-order valence-electron chi connectivity index (χ3n) is 15.0. The zero-order valence-corrected chi connectivity index (χ0v) is 49.2. The highest BCUT2D eigenvalue weighted by Gasteiger charge is 2.44. The molecule has 450 valence electrons. The van der Waals surface area contributed by atoms with Crippen molar-refractivity contribution in [2.45, 2.75) is 142 Å². The Labute approximate surface area is 469 Å². The number of likely N-dealkylation sites (N-methyl/N-ethyl adjacent to an activating group) is 2. The van der Waals surface area contributed by atoms with E-state index >= 15 is 0 Å². The van der Waals surface area contributed by atoms with E-state index < -0.39 is 66.1 Å². The van der Waals surface area contributed by atoms with Crippen molar-refractivity contribution in [1.82, 2.24) is 30.2 Å². The number of hydrogen-bond acceptors (Lipinski definition) is 16. The summed E-state index contributed by atoms with van der Waals surface area (Å²) in [5.74, 6) is -3.04. The monoisotopic (exact) mass is 1120 g/mol. The summed E-state index contributed by atoms with van der Waals surface area (Å²) in [6, 6.07) is 6.61. The number of nitrogens with one attached hydrogen (secondary N) is 2. The number of carbonyl (C=O) groups excluding carboxylic acids is 6. The Morgan fingerprint density at radius 2 is 1.33 bits per heavy atom. The molecular weight excluding hydrogens is 1020 g/mol. The standard InChI is InChI=1S/C57H96N6O16/c1-13-40(4)51(45(72-11)38-49(67)62-24-17-20-44(62)53(73-12)41(5)54(69)58-42(6)52(68)43-18-15-14-16-19-43)60(9)55(70)50(39(2)3)59-56(71)57(7,8)61(10)46(64)23-26-74-28-30-76-32-34-78-36-37-79-35-33-77-31-29-75-27-25-63-47(65)21-22-48(63)66/h14-16,18-19,21-22,39-42,44-45,47,50-53,65,68H,13,17,20,23-38H2,1-12H3,(H,58,69)(H,59,71)/t40-,41+,42+,44-,45+,47?,50-,51-,52+,53+/m0/s1. The van der Waals surface area contributed by atoms with Gasteiger partial charge in [0, 0.05) is 47.5 Å². The second kappa shape index (κ2) is 36.0. The summed E-state index contributed by atoms with van der Waals surface area (Å²) < 4.78 is 45.1. The predicted octanol–water partition coefficient (Wildman–Crippen LogP) is 2.73. The molecule has 0 saturated carbocycles. The third kappa shape index (κ3) is 21.7. The van der Waals surface area contributed by atoms with Gasteiger partial charge in [-0.2, -0.15) is 0 Å². The van der Waals surface area contributed by atoms with Crippen molar-refractivity contribution < 1.29 is 76.9 Å². The van der Waals surface area contributed by atoms with E-state index in [1.807, 2.05) is 45.9 Å². The maximum atomic E-state index is 14.6. The Hall–Kier alpha value is -4.62. The molecule has 1 aromatic carbocycles. The minimum Gasteiger partial charge on any atom is -0.386 e. The molecule has 0 bridgehead atoms. The fraction of sp³-hybridized carbons (Fsp3) is 0.754. The first-order valence-corrected chi connectivity index (χ1v) is 28.0. The van der Waals surface area contributed by atoms with Crippen molar-refractivity contribution >= 4 is 35.4 Å². The van der Waals surface area contributed by atoms with Gasteiger partial charge in [-0.15, -0.1) is 0 Å². The molecule has 0 aliphatic carbocycles. The van der Waals surface area contributed by atoms with Gasteiger partial charge in [0.1, 0.15) is 17.8 Å². The lowest BCUT2D eigenvalue weighted by molar-refractivity contribution is -0.150. The number of aliphatic hydroxyl groups excluding tert-OH is 2. The zero-order chi connectivity index (χ0) is 58.7. The molecule has 1 unspecified atom stereocenters. The summed E-state index contributed by atoms with van der Waals surface area (Å²) in [5.41, 5.74) is -0.654. The van der Waals surface area contributed by atoms with Crippen LogP contribution >= 0.6 is 0 Å². The molecular formula is C57H96N6O16. The van der Waals surface area contributed by atoms with E-state index in [2.05, 4.69) is 10.6 Å². The average Bonchev–Trinajstić information content (AvgIpc) is 4.06. The Morgan fingerprint density at radius 3 is 1.82 bits per heavy atom. The van der Waals surface area contributed by atoms with E-state index in [0.29, 0.717) is 104 Å². The van der Waals surface area contributed by atoms with Crippen LogP contribution in [0.1, 0.15) is 99.2 Å². The number of rotatable bonds is 40. The molecule has 2 aliphatic heterocycles. The topological polar surface area (TPSA) is 254 Å². The van der Waals surface area contributed by atoms with Crippen LogP contribution in [-0.2, 0) is 66.7 Å². The number of carbonyl (C=O) groups is 6. The summed E-state index contributed by atoms with van der Waals surface area (Å²) in [6.45, 7) is 19.2. The molecule has 0 radical (unpaired) electrons. The molecule has 22 nitrogen and oxygen atoms in total. The van der Waals surface area contributed by atoms with Crippen LogP contribution in [0.3, 0.4) is 0 Å². The van der Waals surface area contributed by atoms with Crippen molar-refractivity contribution in [3.8, 4) is 0 Å². The van der Waals surface area contributed by atoms with Crippen LogP contribution < -0.4 is 10.6 Å².